The van der Waals surface area contributed by atoms with Crippen LogP contribution < -0.4 is 0 Å². The van der Waals surface area contributed by atoms with E-state index in [1.807, 2.05) is 12.1 Å². The SMILES string of the molecule is C=C(/C=C1\C(=C)c2c(ccc3c2ccc2c4ccccc4oc32)C1(C)C)c1ccccccc(-c2c3ccccc3c(-c3ccccc3)c3ccccc23)cc1. The van der Waals surface area contributed by atoms with Crippen molar-refractivity contribution in [3.05, 3.63) is 217 Å². The minimum absolute atomic E-state index is 0.269. The molecule has 0 unspecified atom stereocenters. The van der Waals surface area contributed by atoms with Crippen LogP contribution in [0.3, 0.4) is 0 Å². The van der Waals surface area contributed by atoms with Gasteiger partial charge in [0.2, 0.25) is 0 Å². The molecule has 0 saturated heterocycles. The van der Waals surface area contributed by atoms with Gasteiger partial charge in [-0.3, -0.25) is 0 Å². The fraction of sp³-hybridized carbons (Fsp3) is 0.0545. The maximum absolute atomic E-state index is 6.45. The van der Waals surface area contributed by atoms with Crippen molar-refractivity contribution in [3.8, 4) is 22.3 Å². The van der Waals surface area contributed by atoms with Crippen LogP contribution in [0.1, 0.15) is 30.5 Å². The first kappa shape index (κ1) is 33.6. The highest BCUT2D eigenvalue weighted by atomic mass is 16.3. The summed E-state index contributed by atoms with van der Waals surface area (Å²) in [6.45, 7) is 14.0. The molecular formula is C55H40O. The summed E-state index contributed by atoms with van der Waals surface area (Å²) in [5.41, 5.74) is 13.0. The monoisotopic (exact) mass is 716 g/mol. The predicted molar refractivity (Wildman–Crippen MR) is 240 cm³/mol. The third kappa shape index (κ3) is 5.23. The Morgan fingerprint density at radius 3 is 1.57 bits per heavy atom. The van der Waals surface area contributed by atoms with Gasteiger partial charge in [-0.15, -0.1) is 0 Å². The maximum atomic E-state index is 6.45. The summed E-state index contributed by atoms with van der Waals surface area (Å²) >= 11 is 0. The number of hydrogen-bond acceptors (Lipinski definition) is 1. The molecule has 0 bridgehead atoms. The van der Waals surface area contributed by atoms with Crippen molar-refractivity contribution in [2.75, 3.05) is 0 Å². The number of rotatable bonds is 4. The van der Waals surface area contributed by atoms with Crippen molar-refractivity contribution in [2.24, 2.45) is 0 Å². The Morgan fingerprint density at radius 1 is 0.464 bits per heavy atom. The van der Waals surface area contributed by atoms with E-state index in [9.17, 15) is 0 Å². The molecule has 0 amide bonds. The van der Waals surface area contributed by atoms with Crippen molar-refractivity contribution in [3.63, 3.8) is 0 Å². The zero-order chi connectivity index (χ0) is 38.0. The summed E-state index contributed by atoms with van der Waals surface area (Å²) in [5, 5.41) is 9.48. The standard InChI is InChI=1S/C55H40O/c1-35(34-49-36(2)51-45-30-31-46-40-22-16-17-27-50(40)56-54(46)47(45)32-33-48(51)55(49,3)4)37-18-8-5-6-9-21-39(29-28-37)53-43-25-14-12-23-41(43)52(38-19-10-7-11-20-38)42-24-13-15-26-44(42)53/h5-34H,1-2H2,3-4H3/b6-5?,8-5?,9-6?,18-8?,21-9?,29-28?,37-18?,37-28?,39-21?,39-29?,49-34+. The lowest BCUT2D eigenvalue weighted by atomic mass is 9.81. The largest absolute Gasteiger partial charge is 0.455 e. The third-order valence-corrected chi connectivity index (χ3v) is 11.8. The van der Waals surface area contributed by atoms with E-state index in [1.165, 1.54) is 60.3 Å². The number of benzene rings is 7. The van der Waals surface area contributed by atoms with E-state index in [0.717, 1.165) is 49.6 Å². The van der Waals surface area contributed by atoms with Gasteiger partial charge in [0.15, 0.2) is 0 Å². The lowest BCUT2D eigenvalue weighted by molar-refractivity contribution is 0.661. The Bertz CT molecular complexity index is 3130. The fourth-order valence-corrected chi connectivity index (χ4v) is 9.09. The normalized spacial score (nSPS) is 14.2. The minimum Gasteiger partial charge on any atom is -0.455 e. The van der Waals surface area contributed by atoms with Gasteiger partial charge in [-0.1, -0.05) is 197 Å². The molecule has 0 radical (unpaired) electrons. The molecule has 10 rings (SSSR count). The molecule has 1 heteroatoms. The Labute approximate surface area is 327 Å². The van der Waals surface area contributed by atoms with E-state index in [1.54, 1.807) is 0 Å². The van der Waals surface area contributed by atoms with Gasteiger partial charge < -0.3 is 4.42 Å². The second kappa shape index (κ2) is 13.1. The summed E-state index contributed by atoms with van der Waals surface area (Å²) in [6.07, 6.45) is 2.25. The third-order valence-electron chi connectivity index (χ3n) is 11.8. The van der Waals surface area contributed by atoms with Crippen LogP contribution in [0, 0.1) is 0 Å². The molecule has 0 fully saturated rings. The highest BCUT2D eigenvalue weighted by Gasteiger charge is 2.38. The molecule has 1 aliphatic rings. The zero-order valence-electron chi connectivity index (χ0n) is 31.6. The number of para-hydroxylation sites is 1. The second-order valence-electron chi connectivity index (χ2n) is 15.4. The Morgan fingerprint density at radius 2 is 0.929 bits per heavy atom. The summed E-state index contributed by atoms with van der Waals surface area (Å²) in [4.78, 5) is 0. The van der Waals surface area contributed by atoms with Crippen LogP contribution in [0.2, 0.25) is 0 Å². The first-order chi connectivity index (χ1) is 27.4. The summed E-state index contributed by atoms with van der Waals surface area (Å²) in [7, 11) is 0. The van der Waals surface area contributed by atoms with Gasteiger partial charge in [0.05, 0.1) is 0 Å². The molecule has 0 aliphatic heterocycles. The Hall–Kier alpha value is -6.96. The molecule has 8 aromatic carbocycles. The van der Waals surface area contributed by atoms with Gasteiger partial charge in [0.1, 0.15) is 11.2 Å². The number of allylic oxidation sites excluding steroid dienone is 4. The molecule has 0 N–H and O–H groups in total. The van der Waals surface area contributed by atoms with Crippen molar-refractivity contribution in [1.29, 1.82) is 0 Å². The Kier molecular flexibility index (Phi) is 7.87. The maximum Gasteiger partial charge on any atom is 0.143 e. The molecule has 1 nitrogen and oxygen atoms in total. The molecule has 0 atom stereocenters. The highest BCUT2D eigenvalue weighted by molar-refractivity contribution is 6.21. The lowest BCUT2D eigenvalue weighted by Crippen LogP contribution is -2.15. The number of hydrogen-bond donors (Lipinski definition) is 0. The molecule has 266 valence electrons. The van der Waals surface area contributed by atoms with Gasteiger partial charge in [0.25, 0.3) is 0 Å². The van der Waals surface area contributed by atoms with Gasteiger partial charge in [-0.25, -0.2) is 0 Å². The summed E-state index contributed by atoms with van der Waals surface area (Å²) < 4.78 is 6.45. The van der Waals surface area contributed by atoms with Gasteiger partial charge >= 0.3 is 0 Å². The van der Waals surface area contributed by atoms with Crippen LogP contribution in [0.5, 0.6) is 0 Å². The van der Waals surface area contributed by atoms with E-state index in [4.69, 9.17) is 11.0 Å². The minimum atomic E-state index is -0.269. The fourth-order valence-electron chi connectivity index (χ4n) is 9.09. The van der Waals surface area contributed by atoms with Crippen LogP contribution in [-0.4, -0.2) is 0 Å². The molecule has 1 aromatic heterocycles. The number of fused-ring (bicyclic) bond motifs is 9. The van der Waals surface area contributed by atoms with E-state index >= 15 is 0 Å². The van der Waals surface area contributed by atoms with Crippen molar-refractivity contribution >= 4 is 65.4 Å². The molecular weight excluding hydrogens is 677 g/mol. The van der Waals surface area contributed by atoms with Gasteiger partial charge in [-0.05, 0) is 94.7 Å². The topological polar surface area (TPSA) is 13.1 Å². The van der Waals surface area contributed by atoms with E-state index < -0.39 is 0 Å². The average molecular weight is 717 g/mol. The second-order valence-corrected chi connectivity index (χ2v) is 15.4. The highest BCUT2D eigenvalue weighted by Crippen LogP contribution is 2.53. The van der Waals surface area contributed by atoms with Crippen LogP contribution in [0.25, 0.3) is 87.7 Å². The van der Waals surface area contributed by atoms with Gasteiger partial charge in [0, 0.05) is 21.6 Å². The van der Waals surface area contributed by atoms with Crippen LogP contribution in [0.15, 0.2) is 205 Å². The first-order valence-corrected chi connectivity index (χ1v) is 19.3. The van der Waals surface area contributed by atoms with Crippen LogP contribution in [-0.2, 0) is 5.41 Å². The Balaban J connectivity index is 1.10. The molecule has 1 heterocycles. The molecule has 0 spiro atoms. The predicted octanol–water partition coefficient (Wildman–Crippen LogP) is 15.4. The molecule has 1 aliphatic carbocycles. The van der Waals surface area contributed by atoms with Crippen LogP contribution >= 0.6 is 0 Å². The number of furan rings is 1. The lowest BCUT2D eigenvalue weighted by Gasteiger charge is -2.22. The van der Waals surface area contributed by atoms with Crippen molar-refractivity contribution in [1.82, 2.24) is 0 Å². The van der Waals surface area contributed by atoms with Crippen molar-refractivity contribution in [2.45, 2.75) is 19.3 Å². The first-order valence-electron chi connectivity index (χ1n) is 19.3. The van der Waals surface area contributed by atoms with Crippen LogP contribution in [0.4, 0.5) is 0 Å². The molecule has 56 heavy (non-hydrogen) atoms. The smallest absolute Gasteiger partial charge is 0.143 e. The van der Waals surface area contributed by atoms with Gasteiger partial charge in [-0.2, -0.15) is 0 Å². The van der Waals surface area contributed by atoms with Crippen molar-refractivity contribution < 1.29 is 4.42 Å². The average Bonchev–Trinajstić information content (AvgIpc) is 3.70. The van der Waals surface area contributed by atoms with E-state index in [0.29, 0.717) is 0 Å². The molecule has 9 aromatic rings. The molecule has 0 saturated carbocycles. The quantitative estimate of drug-likeness (QED) is 0.165. The van der Waals surface area contributed by atoms with E-state index in [-0.39, 0.29) is 5.41 Å². The zero-order valence-corrected chi connectivity index (χ0v) is 31.6. The summed E-state index contributed by atoms with van der Waals surface area (Å²) in [5.74, 6) is 0. The van der Waals surface area contributed by atoms with E-state index in [2.05, 4.69) is 190 Å². The summed E-state index contributed by atoms with van der Waals surface area (Å²) in [6, 6.07) is 62.8.